The van der Waals surface area contributed by atoms with Gasteiger partial charge in [0.25, 0.3) is 0 Å². The first kappa shape index (κ1) is 25.4. The van der Waals surface area contributed by atoms with Gasteiger partial charge in [0.15, 0.2) is 11.5 Å². The summed E-state index contributed by atoms with van der Waals surface area (Å²) in [7, 11) is 3.49. The Kier molecular flexibility index (Phi) is 8.09. The number of halogens is 3. The van der Waals surface area contributed by atoms with E-state index >= 15 is 0 Å². The highest BCUT2D eigenvalue weighted by atomic mass is 19.4. The molecule has 0 bridgehead atoms. The van der Waals surface area contributed by atoms with Gasteiger partial charge in [0.2, 0.25) is 5.91 Å². The lowest BCUT2D eigenvalue weighted by Gasteiger charge is -2.34. The zero-order valence-corrected chi connectivity index (χ0v) is 19.8. The maximum atomic E-state index is 13.7. The quantitative estimate of drug-likeness (QED) is 0.575. The Labute approximate surface area is 197 Å². The number of carbonyl (C=O) groups excluding carboxylic acids is 1. The van der Waals surface area contributed by atoms with Crippen LogP contribution in [0.25, 0.3) is 6.08 Å². The number of amides is 1. The normalized spacial score (nSPS) is 15.1. The number of hydrogen-bond donors (Lipinski definition) is 1. The van der Waals surface area contributed by atoms with Crippen LogP contribution in [0.5, 0.6) is 11.5 Å². The molecule has 0 atom stereocenters. The number of nitrogens with one attached hydrogen (secondary N) is 1. The molecular formula is C25H30F3N3O3. The first-order chi connectivity index (χ1) is 16.1. The van der Waals surface area contributed by atoms with E-state index in [1.54, 1.807) is 24.3 Å². The van der Waals surface area contributed by atoms with Crippen molar-refractivity contribution >= 4 is 23.4 Å². The van der Waals surface area contributed by atoms with Gasteiger partial charge in [-0.05, 0) is 62.9 Å². The average Bonchev–Trinajstić information content (AvgIpc) is 2.78. The van der Waals surface area contributed by atoms with E-state index in [0.29, 0.717) is 35.8 Å². The van der Waals surface area contributed by atoms with Crippen LogP contribution >= 0.6 is 0 Å². The summed E-state index contributed by atoms with van der Waals surface area (Å²) in [5.41, 5.74) is -0.0184. The van der Waals surface area contributed by atoms with Gasteiger partial charge in [-0.3, -0.25) is 4.79 Å². The number of hydrogen-bond acceptors (Lipinski definition) is 5. The number of methoxy groups -OCH3 is 1. The van der Waals surface area contributed by atoms with Crippen LogP contribution < -0.4 is 19.7 Å². The minimum absolute atomic E-state index is 0.0356. The van der Waals surface area contributed by atoms with Gasteiger partial charge >= 0.3 is 6.18 Å². The van der Waals surface area contributed by atoms with Crippen molar-refractivity contribution < 1.29 is 27.4 Å². The Hall–Kier alpha value is -3.20. The summed E-state index contributed by atoms with van der Waals surface area (Å²) in [5, 5.41) is 2.36. The van der Waals surface area contributed by atoms with Crippen molar-refractivity contribution in [2.45, 2.75) is 26.1 Å². The van der Waals surface area contributed by atoms with Gasteiger partial charge in [-0.2, -0.15) is 13.2 Å². The molecule has 1 amide bonds. The van der Waals surface area contributed by atoms with Gasteiger partial charge in [0, 0.05) is 37.9 Å². The van der Waals surface area contributed by atoms with Crippen molar-refractivity contribution in [2.24, 2.45) is 0 Å². The average molecular weight is 478 g/mol. The highest BCUT2D eigenvalue weighted by Gasteiger charge is 2.34. The molecule has 184 valence electrons. The van der Waals surface area contributed by atoms with Crippen LogP contribution in [0.2, 0.25) is 0 Å². The maximum absolute atomic E-state index is 13.7. The van der Waals surface area contributed by atoms with Crippen molar-refractivity contribution in [1.82, 2.24) is 4.90 Å². The smallest absolute Gasteiger partial charge is 0.418 e. The molecule has 0 radical (unpaired) electrons. The summed E-state index contributed by atoms with van der Waals surface area (Å²) < 4.78 is 52.2. The lowest BCUT2D eigenvalue weighted by Crippen LogP contribution is -2.44. The van der Waals surface area contributed by atoms with Gasteiger partial charge in [-0.25, -0.2) is 0 Å². The van der Waals surface area contributed by atoms with Gasteiger partial charge in [0.1, 0.15) is 0 Å². The van der Waals surface area contributed by atoms with E-state index in [4.69, 9.17) is 9.47 Å². The fourth-order valence-corrected chi connectivity index (χ4v) is 3.62. The van der Waals surface area contributed by atoms with Crippen molar-refractivity contribution in [2.75, 3.05) is 50.6 Å². The van der Waals surface area contributed by atoms with E-state index in [-0.39, 0.29) is 11.8 Å². The number of benzene rings is 2. The molecule has 2 aromatic rings. The summed E-state index contributed by atoms with van der Waals surface area (Å²) in [6.45, 7) is 6.63. The second kappa shape index (κ2) is 10.8. The fraction of sp³-hybridized carbons (Fsp3) is 0.400. The Morgan fingerprint density at radius 1 is 1.06 bits per heavy atom. The number of nitrogens with zero attached hydrogens (tertiary/aromatic N) is 2. The van der Waals surface area contributed by atoms with Crippen LogP contribution in [0.1, 0.15) is 25.0 Å². The van der Waals surface area contributed by atoms with Gasteiger partial charge in [-0.1, -0.05) is 6.07 Å². The number of ether oxygens (including phenoxy) is 2. The molecule has 1 N–H and O–H groups in total. The molecule has 1 fully saturated rings. The molecule has 0 unspecified atom stereocenters. The van der Waals surface area contributed by atoms with Crippen LogP contribution in [0.3, 0.4) is 0 Å². The number of likely N-dealkylation sites (N-methyl/N-ethyl adjacent to an activating group) is 1. The Morgan fingerprint density at radius 3 is 2.38 bits per heavy atom. The second-order valence-electron chi connectivity index (χ2n) is 8.42. The molecule has 1 saturated heterocycles. The summed E-state index contributed by atoms with van der Waals surface area (Å²) in [5.74, 6) is 0.392. The highest BCUT2D eigenvalue weighted by Crippen LogP contribution is 2.37. The standard InChI is InChI=1S/C25H30F3N3O3/c1-17(2)34-22-9-5-18(15-23(22)33-4)6-10-24(32)29-21-8-7-19(16-20(21)25(26,27)28)31-13-11-30(3)12-14-31/h5-10,15-17H,11-14H2,1-4H3,(H,29,32). The summed E-state index contributed by atoms with van der Waals surface area (Å²) in [4.78, 5) is 16.5. The maximum Gasteiger partial charge on any atom is 0.418 e. The van der Waals surface area contributed by atoms with E-state index in [2.05, 4.69) is 10.2 Å². The molecular weight excluding hydrogens is 447 g/mol. The third-order valence-electron chi connectivity index (χ3n) is 5.41. The topological polar surface area (TPSA) is 54.0 Å². The third-order valence-corrected chi connectivity index (χ3v) is 5.41. The SMILES string of the molecule is COc1cc(C=CC(=O)Nc2ccc(N3CCN(C)CC3)cc2C(F)(F)F)ccc1OC(C)C. The number of anilines is 2. The molecule has 1 aliphatic rings. The van der Waals surface area contributed by atoms with E-state index in [1.165, 1.54) is 25.3 Å². The summed E-state index contributed by atoms with van der Waals surface area (Å²) in [6, 6.07) is 9.16. The molecule has 0 aliphatic carbocycles. The third kappa shape index (κ3) is 6.66. The first-order valence-electron chi connectivity index (χ1n) is 11.1. The highest BCUT2D eigenvalue weighted by molar-refractivity contribution is 6.02. The predicted molar refractivity (Wildman–Crippen MR) is 128 cm³/mol. The summed E-state index contributed by atoms with van der Waals surface area (Å²) in [6.07, 6.45) is -1.95. The number of piperazine rings is 1. The summed E-state index contributed by atoms with van der Waals surface area (Å²) >= 11 is 0. The molecule has 9 heteroatoms. The van der Waals surface area contributed by atoms with Gasteiger partial charge in [0.05, 0.1) is 24.5 Å². The monoisotopic (exact) mass is 477 g/mol. The van der Waals surface area contributed by atoms with E-state index in [9.17, 15) is 18.0 Å². The van der Waals surface area contributed by atoms with Crippen LogP contribution in [-0.2, 0) is 11.0 Å². The molecule has 3 rings (SSSR count). The molecule has 34 heavy (non-hydrogen) atoms. The number of rotatable bonds is 7. The van der Waals surface area contributed by atoms with Crippen LogP contribution in [0.4, 0.5) is 24.5 Å². The molecule has 0 saturated carbocycles. The second-order valence-corrected chi connectivity index (χ2v) is 8.42. The fourth-order valence-electron chi connectivity index (χ4n) is 3.62. The van der Waals surface area contributed by atoms with Crippen LogP contribution in [-0.4, -0.2) is 57.2 Å². The zero-order chi connectivity index (χ0) is 24.9. The molecule has 6 nitrogen and oxygen atoms in total. The predicted octanol–water partition coefficient (Wildman–Crippen LogP) is 4.90. The number of alkyl halides is 3. The molecule has 1 heterocycles. The van der Waals surface area contributed by atoms with Crippen molar-refractivity contribution in [3.63, 3.8) is 0 Å². The number of carbonyl (C=O) groups is 1. The van der Waals surface area contributed by atoms with E-state index in [0.717, 1.165) is 19.2 Å². The Bertz CT molecular complexity index is 1030. The zero-order valence-electron chi connectivity index (χ0n) is 19.8. The first-order valence-corrected chi connectivity index (χ1v) is 11.1. The van der Waals surface area contributed by atoms with Crippen LogP contribution in [0, 0.1) is 0 Å². The minimum atomic E-state index is -4.60. The van der Waals surface area contributed by atoms with E-state index in [1.807, 2.05) is 25.8 Å². The molecule has 1 aliphatic heterocycles. The molecule has 0 aromatic heterocycles. The largest absolute Gasteiger partial charge is 0.493 e. The Balaban J connectivity index is 1.75. The molecule has 2 aromatic carbocycles. The van der Waals surface area contributed by atoms with E-state index < -0.39 is 17.6 Å². The minimum Gasteiger partial charge on any atom is -0.493 e. The van der Waals surface area contributed by atoms with Crippen molar-refractivity contribution in [3.05, 3.63) is 53.6 Å². The lowest BCUT2D eigenvalue weighted by molar-refractivity contribution is -0.136. The lowest BCUT2D eigenvalue weighted by atomic mass is 10.1. The van der Waals surface area contributed by atoms with Crippen molar-refractivity contribution in [1.29, 1.82) is 0 Å². The van der Waals surface area contributed by atoms with Gasteiger partial charge < -0.3 is 24.6 Å². The van der Waals surface area contributed by atoms with Gasteiger partial charge in [-0.15, -0.1) is 0 Å². The molecule has 0 spiro atoms. The Morgan fingerprint density at radius 2 is 1.76 bits per heavy atom. The van der Waals surface area contributed by atoms with Crippen molar-refractivity contribution in [3.8, 4) is 11.5 Å². The van der Waals surface area contributed by atoms with Crippen LogP contribution in [0.15, 0.2) is 42.5 Å².